The number of pyridine rings is 1. The van der Waals surface area contributed by atoms with Crippen molar-refractivity contribution in [1.29, 1.82) is 0 Å². The van der Waals surface area contributed by atoms with Crippen LogP contribution >= 0.6 is 0 Å². The van der Waals surface area contributed by atoms with E-state index in [4.69, 9.17) is 0 Å². The Labute approximate surface area is 132 Å². The number of alkyl halides is 3. The molecule has 2 rings (SSSR count). The Hall–Kier alpha value is -2.37. The van der Waals surface area contributed by atoms with Gasteiger partial charge in [0.05, 0.1) is 11.3 Å². The van der Waals surface area contributed by atoms with E-state index in [1.54, 1.807) is 24.3 Å². The van der Waals surface area contributed by atoms with Crippen LogP contribution in [0.5, 0.6) is 0 Å². The van der Waals surface area contributed by atoms with Crippen LogP contribution in [-0.2, 0) is 6.18 Å². The number of halogens is 3. The summed E-state index contributed by atoms with van der Waals surface area (Å²) in [6.07, 6.45) is -1.39. The Kier molecular flexibility index (Phi) is 5.36. The van der Waals surface area contributed by atoms with Gasteiger partial charge in [-0.3, -0.25) is 9.78 Å². The molecule has 0 radical (unpaired) electrons. The van der Waals surface area contributed by atoms with Crippen LogP contribution in [0.25, 0.3) is 11.3 Å². The summed E-state index contributed by atoms with van der Waals surface area (Å²) in [6, 6.07) is 8.28. The fourth-order valence-corrected chi connectivity index (χ4v) is 2.04. The summed E-state index contributed by atoms with van der Waals surface area (Å²) < 4.78 is 38.2. The molecule has 0 saturated carbocycles. The fourth-order valence-electron chi connectivity index (χ4n) is 2.04. The molecule has 0 saturated heterocycles. The second kappa shape index (κ2) is 7.26. The Balaban J connectivity index is 2.15. The van der Waals surface area contributed by atoms with Crippen LogP contribution in [0, 0.1) is 0 Å². The normalized spacial score (nSPS) is 11.3. The fraction of sp³-hybridized carbons (Fsp3) is 0.294. The lowest BCUT2D eigenvalue weighted by molar-refractivity contribution is -0.137. The zero-order valence-corrected chi connectivity index (χ0v) is 12.7. The monoisotopic (exact) mass is 322 g/mol. The highest BCUT2D eigenvalue weighted by Gasteiger charge is 2.30. The van der Waals surface area contributed by atoms with Crippen LogP contribution in [0.4, 0.5) is 13.2 Å². The van der Waals surface area contributed by atoms with Gasteiger partial charge in [0.2, 0.25) is 0 Å². The molecule has 3 nitrogen and oxygen atoms in total. The zero-order valence-electron chi connectivity index (χ0n) is 12.7. The molecule has 0 aliphatic rings. The summed E-state index contributed by atoms with van der Waals surface area (Å²) >= 11 is 0. The molecule has 1 heterocycles. The smallest absolute Gasteiger partial charge is 0.352 e. The van der Waals surface area contributed by atoms with Crippen molar-refractivity contribution in [2.24, 2.45) is 0 Å². The molecule has 23 heavy (non-hydrogen) atoms. The third kappa shape index (κ3) is 4.55. The number of hydrogen-bond donors (Lipinski definition) is 1. The number of nitrogens with zero attached hydrogens (tertiary/aromatic N) is 1. The number of unbranched alkanes of at least 4 members (excludes halogenated alkanes) is 1. The summed E-state index contributed by atoms with van der Waals surface area (Å²) in [5, 5.41) is 2.78. The summed E-state index contributed by atoms with van der Waals surface area (Å²) in [5.41, 5.74) is 0.472. The van der Waals surface area contributed by atoms with E-state index in [1.165, 1.54) is 0 Å². The van der Waals surface area contributed by atoms with Crippen LogP contribution in [-0.4, -0.2) is 17.4 Å². The molecular formula is C17H17F3N2O. The minimum atomic E-state index is -4.41. The van der Waals surface area contributed by atoms with Crippen molar-refractivity contribution < 1.29 is 18.0 Å². The van der Waals surface area contributed by atoms with Crippen molar-refractivity contribution in [2.75, 3.05) is 6.54 Å². The maximum absolute atomic E-state index is 12.7. The van der Waals surface area contributed by atoms with Crippen LogP contribution in [0.1, 0.15) is 35.7 Å². The van der Waals surface area contributed by atoms with Crippen molar-refractivity contribution in [3.63, 3.8) is 0 Å². The van der Waals surface area contributed by atoms with Gasteiger partial charge in [-0.2, -0.15) is 13.2 Å². The van der Waals surface area contributed by atoms with Gasteiger partial charge in [0.1, 0.15) is 0 Å². The van der Waals surface area contributed by atoms with E-state index in [-0.39, 0.29) is 11.6 Å². The molecule has 0 aliphatic carbocycles. The van der Waals surface area contributed by atoms with Crippen molar-refractivity contribution in [3.05, 3.63) is 53.7 Å². The highest BCUT2D eigenvalue weighted by Crippen LogP contribution is 2.31. The Bertz CT molecular complexity index is 666. The number of rotatable bonds is 5. The van der Waals surface area contributed by atoms with Crippen molar-refractivity contribution in [1.82, 2.24) is 10.3 Å². The van der Waals surface area contributed by atoms with Gasteiger partial charge in [-0.25, -0.2) is 0 Å². The average molecular weight is 322 g/mol. The largest absolute Gasteiger partial charge is 0.416 e. The molecule has 1 aromatic heterocycles. The van der Waals surface area contributed by atoms with Crippen molar-refractivity contribution in [2.45, 2.75) is 25.9 Å². The van der Waals surface area contributed by atoms with E-state index in [0.29, 0.717) is 17.7 Å². The van der Waals surface area contributed by atoms with Crippen LogP contribution in [0.2, 0.25) is 0 Å². The van der Waals surface area contributed by atoms with Gasteiger partial charge in [0, 0.05) is 23.9 Å². The first-order valence-corrected chi connectivity index (χ1v) is 7.33. The topological polar surface area (TPSA) is 42.0 Å². The summed E-state index contributed by atoms with van der Waals surface area (Å²) in [7, 11) is 0. The molecule has 6 heteroatoms. The second-order valence-corrected chi connectivity index (χ2v) is 5.11. The lowest BCUT2D eigenvalue weighted by Gasteiger charge is -2.09. The van der Waals surface area contributed by atoms with Gasteiger partial charge in [-0.05, 0) is 30.7 Å². The molecule has 0 spiro atoms. The predicted molar refractivity (Wildman–Crippen MR) is 81.9 cm³/mol. The molecule has 0 fully saturated rings. The molecule has 122 valence electrons. The van der Waals surface area contributed by atoms with E-state index in [0.717, 1.165) is 31.2 Å². The minimum Gasteiger partial charge on any atom is -0.352 e. The lowest BCUT2D eigenvalue weighted by atomic mass is 10.1. The molecule has 0 atom stereocenters. The van der Waals surface area contributed by atoms with Gasteiger partial charge >= 0.3 is 6.18 Å². The lowest BCUT2D eigenvalue weighted by Crippen LogP contribution is -2.24. The van der Waals surface area contributed by atoms with Crippen molar-refractivity contribution >= 4 is 5.91 Å². The number of benzene rings is 1. The van der Waals surface area contributed by atoms with Gasteiger partial charge in [-0.15, -0.1) is 0 Å². The quantitative estimate of drug-likeness (QED) is 0.834. The summed E-state index contributed by atoms with van der Waals surface area (Å²) in [4.78, 5) is 15.8. The molecule has 0 unspecified atom stereocenters. The molecular weight excluding hydrogens is 305 g/mol. The number of carbonyl (C=O) groups is 1. The second-order valence-electron chi connectivity index (χ2n) is 5.11. The highest BCUT2D eigenvalue weighted by atomic mass is 19.4. The number of nitrogens with one attached hydrogen (secondary N) is 1. The minimum absolute atomic E-state index is 0.193. The molecule has 1 N–H and O–H groups in total. The Morgan fingerprint density at radius 2 is 1.87 bits per heavy atom. The van der Waals surface area contributed by atoms with Gasteiger partial charge in [0.25, 0.3) is 5.91 Å². The predicted octanol–water partition coefficient (Wildman–Crippen LogP) is 4.30. The van der Waals surface area contributed by atoms with E-state index in [9.17, 15) is 18.0 Å². The SMILES string of the molecule is CCCCNC(=O)c1ccc(-c2cc(C(F)(F)F)ccn2)cc1. The van der Waals surface area contributed by atoms with E-state index < -0.39 is 11.7 Å². The van der Waals surface area contributed by atoms with Gasteiger partial charge < -0.3 is 5.32 Å². The standard InChI is InChI=1S/C17H17F3N2O/c1-2-3-9-22-16(23)13-6-4-12(5-7-13)15-11-14(8-10-21-15)17(18,19)20/h4-8,10-11H,2-3,9H2,1H3,(H,22,23). The molecule has 2 aromatic rings. The first-order chi connectivity index (χ1) is 10.9. The molecule has 1 aromatic carbocycles. The van der Waals surface area contributed by atoms with Gasteiger partial charge in [-0.1, -0.05) is 25.5 Å². The van der Waals surface area contributed by atoms with E-state index in [1.807, 2.05) is 6.92 Å². The van der Waals surface area contributed by atoms with Crippen LogP contribution < -0.4 is 5.32 Å². The Morgan fingerprint density at radius 3 is 2.48 bits per heavy atom. The Morgan fingerprint density at radius 1 is 1.17 bits per heavy atom. The number of aromatic nitrogens is 1. The number of hydrogen-bond acceptors (Lipinski definition) is 2. The highest BCUT2D eigenvalue weighted by molar-refractivity contribution is 5.94. The molecule has 0 bridgehead atoms. The third-order valence-electron chi connectivity index (χ3n) is 3.35. The first kappa shape index (κ1) is 17.0. The van der Waals surface area contributed by atoms with Crippen molar-refractivity contribution in [3.8, 4) is 11.3 Å². The van der Waals surface area contributed by atoms with E-state index in [2.05, 4.69) is 10.3 Å². The maximum atomic E-state index is 12.7. The number of amides is 1. The average Bonchev–Trinajstić information content (AvgIpc) is 2.54. The summed E-state index contributed by atoms with van der Waals surface area (Å²) in [5.74, 6) is -0.193. The first-order valence-electron chi connectivity index (χ1n) is 7.33. The third-order valence-corrected chi connectivity index (χ3v) is 3.35. The zero-order chi connectivity index (χ0) is 16.9. The van der Waals surface area contributed by atoms with Gasteiger partial charge in [0.15, 0.2) is 0 Å². The maximum Gasteiger partial charge on any atom is 0.416 e. The number of carbonyl (C=O) groups excluding carboxylic acids is 1. The summed E-state index contributed by atoms with van der Waals surface area (Å²) in [6.45, 7) is 2.63. The van der Waals surface area contributed by atoms with Crippen LogP contribution in [0.3, 0.4) is 0 Å². The van der Waals surface area contributed by atoms with E-state index >= 15 is 0 Å². The molecule has 1 amide bonds. The van der Waals surface area contributed by atoms with Crippen LogP contribution in [0.15, 0.2) is 42.6 Å². The molecule has 0 aliphatic heterocycles.